The summed E-state index contributed by atoms with van der Waals surface area (Å²) >= 11 is 0. The van der Waals surface area contributed by atoms with E-state index in [9.17, 15) is 18.9 Å². The number of imide groups is 1. The van der Waals surface area contributed by atoms with Crippen LogP contribution in [0.5, 0.6) is 11.5 Å². The maximum Gasteiger partial charge on any atom is 0.255 e. The second-order valence-electron chi connectivity index (χ2n) is 17.7. The van der Waals surface area contributed by atoms with E-state index in [0.717, 1.165) is 81.6 Å². The third-order valence-electron chi connectivity index (χ3n) is 13.2. The highest BCUT2D eigenvalue weighted by Gasteiger charge is 2.39. The zero-order valence-electron chi connectivity index (χ0n) is 38.0. The second-order valence-corrected chi connectivity index (χ2v) is 20.9. The van der Waals surface area contributed by atoms with Crippen molar-refractivity contribution in [3.63, 3.8) is 0 Å². The van der Waals surface area contributed by atoms with Crippen LogP contribution in [0.25, 0.3) is 5.69 Å². The molecule has 0 radical (unpaired) electrons. The number of anilines is 5. The predicted molar refractivity (Wildman–Crippen MR) is 255 cm³/mol. The maximum atomic E-state index is 13.2. The van der Waals surface area contributed by atoms with Gasteiger partial charge in [0.05, 0.1) is 24.7 Å². The van der Waals surface area contributed by atoms with Gasteiger partial charge in [0.15, 0.2) is 5.82 Å². The van der Waals surface area contributed by atoms with Gasteiger partial charge >= 0.3 is 0 Å². The van der Waals surface area contributed by atoms with Gasteiger partial charge in [0.2, 0.25) is 17.8 Å². The number of hydrogen-bond acceptors (Lipinski definition) is 14. The van der Waals surface area contributed by atoms with Gasteiger partial charge in [-0.15, -0.1) is 0 Å². The van der Waals surface area contributed by atoms with Crippen LogP contribution in [0.15, 0.2) is 79.3 Å². The molecule has 0 spiro atoms. The average Bonchev–Trinajstić information content (AvgIpc) is 3.97. The number of para-hydroxylation sites is 1. The smallest absolute Gasteiger partial charge is 0.255 e. The van der Waals surface area contributed by atoms with Crippen molar-refractivity contribution in [2.45, 2.75) is 57.7 Å². The molecule has 5 aromatic rings. The Hall–Kier alpha value is -6.29. The third kappa shape index (κ3) is 9.65. The van der Waals surface area contributed by atoms with Gasteiger partial charge in [-0.1, -0.05) is 19.1 Å². The fourth-order valence-electron chi connectivity index (χ4n) is 9.62. The van der Waals surface area contributed by atoms with Crippen LogP contribution in [-0.4, -0.2) is 137 Å². The van der Waals surface area contributed by atoms with Crippen LogP contribution in [-0.2, 0) is 27.1 Å². The van der Waals surface area contributed by atoms with Crippen LogP contribution in [0.2, 0.25) is 0 Å². The molecule has 66 heavy (non-hydrogen) atoms. The highest BCUT2D eigenvalue weighted by Crippen LogP contribution is 2.40. The van der Waals surface area contributed by atoms with Crippen LogP contribution >= 0.6 is 7.14 Å². The van der Waals surface area contributed by atoms with Crippen LogP contribution in [0.1, 0.15) is 54.1 Å². The fourth-order valence-corrected chi connectivity index (χ4v) is 10.8. The van der Waals surface area contributed by atoms with E-state index >= 15 is 0 Å². The van der Waals surface area contributed by atoms with Crippen molar-refractivity contribution in [1.29, 1.82) is 0 Å². The minimum absolute atomic E-state index is 0.181. The molecule has 1 unspecified atom stereocenters. The van der Waals surface area contributed by atoms with Gasteiger partial charge in [0, 0.05) is 99.8 Å². The summed E-state index contributed by atoms with van der Waals surface area (Å²) in [5.74, 6) is 1.42. The molecule has 18 heteroatoms. The lowest BCUT2D eigenvalue weighted by molar-refractivity contribution is -0.136. The second kappa shape index (κ2) is 19.3. The zero-order valence-corrected chi connectivity index (χ0v) is 38.9. The van der Waals surface area contributed by atoms with E-state index in [4.69, 9.17) is 14.5 Å². The number of nitrogens with one attached hydrogen (secondary N) is 3. The molecule has 0 aliphatic carbocycles. The largest absolute Gasteiger partial charge is 0.494 e. The van der Waals surface area contributed by atoms with Gasteiger partial charge in [-0.25, -0.2) is 9.67 Å². The molecule has 346 valence electrons. The van der Waals surface area contributed by atoms with Gasteiger partial charge in [-0.2, -0.15) is 10.1 Å². The van der Waals surface area contributed by atoms with Crippen molar-refractivity contribution in [3.8, 4) is 17.2 Å². The van der Waals surface area contributed by atoms with Crippen molar-refractivity contribution >= 4 is 59.0 Å². The number of hydrogen-bond donors (Lipinski definition) is 3. The number of piperazine rings is 1. The number of nitrogens with zero attached hydrogens (tertiary/aromatic N) is 8. The molecule has 3 aromatic carbocycles. The van der Waals surface area contributed by atoms with Gasteiger partial charge in [0.1, 0.15) is 37.0 Å². The molecule has 3 saturated heterocycles. The standard InChI is InChI=1S/C48H58N11O6P/c1-5-32-28-38(52-48-49-30-41(59-18-8-17-50-59)45(54-48)51-37-9-6-7-10-43(37)66(3,4)63)42(64-2)29-40(32)57-19-15-34(16-20-57)56-23-21-55(22-24-56)25-26-65-35-11-12-36-33(27-35)31-58(47(36)62)39-13-14-44(60)53-46(39)61/h6-12,17-18,27-30,34,39H,5,13-16,19-26,31H2,1-4H3,(H,53,60,61)(H2,49,51,52,54). The first-order chi connectivity index (χ1) is 31.9. The quantitative estimate of drug-likeness (QED) is 0.0899. The molecule has 6 heterocycles. The van der Waals surface area contributed by atoms with E-state index in [-0.39, 0.29) is 18.2 Å². The summed E-state index contributed by atoms with van der Waals surface area (Å²) in [5.41, 5.74) is 5.94. The molecule has 3 N–H and O–H groups in total. The number of piperidine rings is 2. The summed E-state index contributed by atoms with van der Waals surface area (Å²) in [6.45, 7) is 13.3. The topological polar surface area (TPSA) is 179 Å². The fraction of sp³-hybridized carbons (Fsp3) is 0.417. The summed E-state index contributed by atoms with van der Waals surface area (Å²) in [4.78, 5) is 55.9. The minimum atomic E-state index is -2.60. The Morgan fingerprint density at radius 2 is 1.70 bits per heavy atom. The molecular weight excluding hydrogens is 858 g/mol. The van der Waals surface area contributed by atoms with Gasteiger partial charge in [0.25, 0.3) is 5.91 Å². The van der Waals surface area contributed by atoms with Gasteiger partial charge in [-0.05, 0) is 92.6 Å². The molecule has 0 bridgehead atoms. The number of ether oxygens (including phenoxy) is 2. The number of rotatable bonds is 15. The molecule has 3 fully saturated rings. The molecule has 4 aliphatic heterocycles. The van der Waals surface area contributed by atoms with E-state index in [1.807, 2.05) is 48.7 Å². The highest BCUT2D eigenvalue weighted by atomic mass is 31.2. The Labute approximate surface area is 385 Å². The molecular formula is C48H58N11O6P. The number of carbonyl (C=O) groups excluding carboxylic acids is 3. The summed E-state index contributed by atoms with van der Waals surface area (Å²) in [6.07, 6.45) is 8.82. The Bertz CT molecular complexity index is 2640. The summed E-state index contributed by atoms with van der Waals surface area (Å²) < 4.78 is 27.1. The number of amides is 3. The summed E-state index contributed by atoms with van der Waals surface area (Å²) in [7, 11) is -0.912. The number of aryl methyl sites for hydroxylation is 1. The number of aromatic nitrogens is 4. The van der Waals surface area contributed by atoms with Crippen LogP contribution in [0, 0.1) is 0 Å². The highest BCUT2D eigenvalue weighted by molar-refractivity contribution is 7.70. The Kier molecular flexibility index (Phi) is 13.1. The minimum Gasteiger partial charge on any atom is -0.494 e. The Balaban J connectivity index is 0.780. The normalized spacial score (nSPS) is 18.6. The third-order valence-corrected chi connectivity index (χ3v) is 14.7. The first kappa shape index (κ1) is 44.9. The lowest BCUT2D eigenvalue weighted by atomic mass is 9.99. The number of benzene rings is 3. The predicted octanol–water partition coefficient (Wildman–Crippen LogP) is 5.39. The first-order valence-corrected chi connectivity index (χ1v) is 25.4. The summed E-state index contributed by atoms with van der Waals surface area (Å²) in [5, 5.41) is 14.4. The Morgan fingerprint density at radius 1 is 0.894 bits per heavy atom. The molecule has 3 amide bonds. The number of fused-ring (bicyclic) bond motifs is 1. The van der Waals surface area contributed by atoms with Crippen molar-refractivity contribution < 1.29 is 28.4 Å². The van der Waals surface area contributed by atoms with Crippen LogP contribution < -0.4 is 35.6 Å². The van der Waals surface area contributed by atoms with E-state index in [0.29, 0.717) is 65.8 Å². The van der Waals surface area contributed by atoms with E-state index in [1.165, 1.54) is 11.3 Å². The van der Waals surface area contributed by atoms with Crippen LogP contribution in [0.4, 0.5) is 28.8 Å². The average molecular weight is 916 g/mol. The lowest BCUT2D eigenvalue weighted by Crippen LogP contribution is -2.53. The maximum absolute atomic E-state index is 13.2. The zero-order chi connectivity index (χ0) is 46.0. The van der Waals surface area contributed by atoms with Crippen molar-refractivity contribution in [2.75, 3.05) is 88.4 Å². The van der Waals surface area contributed by atoms with Crippen molar-refractivity contribution in [3.05, 3.63) is 95.9 Å². The lowest BCUT2D eigenvalue weighted by Gasteiger charge is -2.43. The SMILES string of the molecule is CCc1cc(Nc2ncc(-n3cccn3)c(Nc3ccccc3P(C)(C)=O)n2)c(OC)cc1N1CCC(N2CCN(CCOc3ccc4c(c3)CN(C3CCC(=O)NC3=O)C4=O)CC2)CC1. The molecule has 0 saturated carbocycles. The molecule has 1 atom stereocenters. The van der Waals surface area contributed by atoms with Crippen molar-refractivity contribution in [2.24, 2.45) is 0 Å². The molecule has 2 aromatic heterocycles. The first-order valence-electron chi connectivity index (χ1n) is 22.8. The van der Waals surface area contributed by atoms with Crippen molar-refractivity contribution in [1.82, 2.24) is 39.8 Å². The van der Waals surface area contributed by atoms with E-state index < -0.39 is 19.1 Å². The van der Waals surface area contributed by atoms with Gasteiger partial charge < -0.3 is 34.5 Å². The Morgan fingerprint density at radius 3 is 2.42 bits per heavy atom. The van der Waals surface area contributed by atoms with Crippen LogP contribution in [0.3, 0.4) is 0 Å². The van der Waals surface area contributed by atoms with E-state index in [2.05, 4.69) is 59.8 Å². The van der Waals surface area contributed by atoms with E-state index in [1.54, 1.807) is 48.5 Å². The number of carbonyl (C=O) groups is 3. The van der Waals surface area contributed by atoms with Gasteiger partial charge in [-0.3, -0.25) is 29.5 Å². The molecule has 9 rings (SSSR count). The summed E-state index contributed by atoms with van der Waals surface area (Å²) in [6, 6.07) is 19.1. The molecule has 17 nitrogen and oxygen atoms in total. The monoisotopic (exact) mass is 915 g/mol. The number of methoxy groups -OCH3 is 1. The molecule has 4 aliphatic rings.